The van der Waals surface area contributed by atoms with Crippen LogP contribution in [0.4, 0.5) is 20.6 Å². The molecule has 154 valence electrons. The number of nitrogens with one attached hydrogen (secondary N) is 1. The molecule has 0 aliphatic carbocycles. The molecular formula is C18H22FN7O3. The maximum Gasteiger partial charge on any atom is 0.414 e. The van der Waals surface area contributed by atoms with Crippen molar-refractivity contribution in [3.05, 3.63) is 29.8 Å². The van der Waals surface area contributed by atoms with Gasteiger partial charge in [-0.15, -0.1) is 10.2 Å². The zero-order chi connectivity index (χ0) is 20.5. The standard InChI is InChI=1S/C18H22FN7O3/c1-11-21-23-26(22-11)14-5-6-24(9-14)17-4-3-13(7-16(17)19)25-10-15(29-18(25)28)8-20-12(2)27/h3-4,7,14-15H,5-6,8-10H2,1-2H3,(H,20,27)/t14?,15-/m0/s1. The van der Waals surface area contributed by atoms with Crippen LogP contribution in [0.5, 0.6) is 0 Å². The molecule has 29 heavy (non-hydrogen) atoms. The number of carbonyl (C=O) groups is 2. The fourth-order valence-electron chi connectivity index (χ4n) is 3.62. The number of carbonyl (C=O) groups excluding carboxylic acids is 2. The molecular weight excluding hydrogens is 381 g/mol. The Kier molecular flexibility index (Phi) is 5.03. The first-order valence-electron chi connectivity index (χ1n) is 9.44. The van der Waals surface area contributed by atoms with Crippen molar-refractivity contribution < 1.29 is 18.7 Å². The van der Waals surface area contributed by atoms with E-state index in [9.17, 15) is 14.0 Å². The Balaban J connectivity index is 1.43. The third-order valence-corrected chi connectivity index (χ3v) is 5.05. The van der Waals surface area contributed by atoms with Gasteiger partial charge in [0.15, 0.2) is 5.82 Å². The Labute approximate surface area is 166 Å². The van der Waals surface area contributed by atoms with E-state index in [0.717, 1.165) is 6.42 Å². The Morgan fingerprint density at radius 3 is 2.90 bits per heavy atom. The number of amides is 2. The normalized spacial score (nSPS) is 21.6. The van der Waals surface area contributed by atoms with Gasteiger partial charge in [0.05, 0.1) is 30.5 Å². The van der Waals surface area contributed by atoms with Crippen LogP contribution >= 0.6 is 0 Å². The molecule has 2 aliphatic heterocycles. The highest BCUT2D eigenvalue weighted by Crippen LogP contribution is 2.31. The minimum absolute atomic E-state index is 0.0402. The van der Waals surface area contributed by atoms with E-state index in [-0.39, 0.29) is 25.0 Å². The van der Waals surface area contributed by atoms with E-state index in [0.29, 0.717) is 30.3 Å². The van der Waals surface area contributed by atoms with Crippen LogP contribution in [0.3, 0.4) is 0 Å². The summed E-state index contributed by atoms with van der Waals surface area (Å²) in [7, 11) is 0. The highest BCUT2D eigenvalue weighted by Gasteiger charge is 2.33. The van der Waals surface area contributed by atoms with E-state index in [1.165, 1.54) is 17.9 Å². The summed E-state index contributed by atoms with van der Waals surface area (Å²) in [5, 5.41) is 14.8. The van der Waals surface area contributed by atoms with Crippen molar-refractivity contribution in [3.8, 4) is 0 Å². The first kappa shape index (κ1) is 19.1. The third-order valence-electron chi connectivity index (χ3n) is 5.05. The first-order chi connectivity index (χ1) is 13.9. The van der Waals surface area contributed by atoms with E-state index in [1.54, 1.807) is 23.9 Å². The van der Waals surface area contributed by atoms with Gasteiger partial charge in [-0.25, -0.2) is 9.18 Å². The van der Waals surface area contributed by atoms with Crippen molar-refractivity contribution in [2.24, 2.45) is 0 Å². The molecule has 2 amide bonds. The molecule has 10 nitrogen and oxygen atoms in total. The lowest BCUT2D eigenvalue weighted by atomic mass is 10.2. The van der Waals surface area contributed by atoms with Crippen molar-refractivity contribution in [3.63, 3.8) is 0 Å². The van der Waals surface area contributed by atoms with Crippen LogP contribution < -0.4 is 15.1 Å². The van der Waals surface area contributed by atoms with E-state index < -0.39 is 18.0 Å². The summed E-state index contributed by atoms with van der Waals surface area (Å²) < 4.78 is 20.1. The summed E-state index contributed by atoms with van der Waals surface area (Å²) in [6.07, 6.45) is -0.228. The number of aromatic nitrogens is 4. The SMILES string of the molecule is CC(=O)NC[C@H]1CN(c2ccc(N3CCC(n4nnc(C)n4)C3)c(F)c2)C(=O)O1. The number of nitrogens with zero attached hydrogens (tertiary/aromatic N) is 6. The molecule has 1 N–H and O–H groups in total. The smallest absolute Gasteiger partial charge is 0.414 e. The predicted octanol–water partition coefficient (Wildman–Crippen LogP) is 1.03. The Hall–Kier alpha value is -3.24. The lowest BCUT2D eigenvalue weighted by Crippen LogP contribution is -2.33. The van der Waals surface area contributed by atoms with Gasteiger partial charge in [0.1, 0.15) is 11.9 Å². The number of halogens is 1. The van der Waals surface area contributed by atoms with Crippen molar-refractivity contribution in [1.29, 1.82) is 0 Å². The second-order valence-corrected chi connectivity index (χ2v) is 7.23. The maximum absolute atomic E-state index is 14.8. The fourth-order valence-corrected chi connectivity index (χ4v) is 3.62. The van der Waals surface area contributed by atoms with Crippen molar-refractivity contribution in [2.75, 3.05) is 36.0 Å². The molecule has 0 spiro atoms. The van der Waals surface area contributed by atoms with Crippen LogP contribution in [0.15, 0.2) is 18.2 Å². The molecule has 1 aromatic carbocycles. The van der Waals surface area contributed by atoms with Gasteiger partial charge >= 0.3 is 6.09 Å². The van der Waals surface area contributed by atoms with Gasteiger partial charge in [-0.1, -0.05) is 0 Å². The number of anilines is 2. The summed E-state index contributed by atoms with van der Waals surface area (Å²) >= 11 is 0. The fraction of sp³-hybridized carbons (Fsp3) is 0.500. The van der Waals surface area contributed by atoms with E-state index in [4.69, 9.17) is 4.74 Å². The number of ether oxygens (including phenoxy) is 1. The molecule has 2 aliphatic rings. The van der Waals surface area contributed by atoms with Crippen LogP contribution in [0.25, 0.3) is 0 Å². The van der Waals surface area contributed by atoms with Gasteiger partial charge < -0.3 is 15.0 Å². The summed E-state index contributed by atoms with van der Waals surface area (Å²) in [5.74, 6) is -0.00709. The van der Waals surface area contributed by atoms with Gasteiger partial charge in [0.25, 0.3) is 0 Å². The summed E-state index contributed by atoms with van der Waals surface area (Å²) in [6.45, 7) is 4.90. The van der Waals surface area contributed by atoms with Crippen molar-refractivity contribution in [1.82, 2.24) is 25.5 Å². The topological polar surface area (TPSA) is 105 Å². The monoisotopic (exact) mass is 403 g/mol. The third kappa shape index (κ3) is 3.98. The van der Waals surface area contributed by atoms with E-state index >= 15 is 0 Å². The van der Waals surface area contributed by atoms with Crippen LogP contribution in [0, 0.1) is 12.7 Å². The number of rotatable bonds is 5. The molecule has 0 radical (unpaired) electrons. The molecule has 2 saturated heterocycles. The highest BCUT2D eigenvalue weighted by atomic mass is 19.1. The average Bonchev–Trinajstić information content (AvgIpc) is 3.39. The van der Waals surface area contributed by atoms with Crippen LogP contribution in [-0.4, -0.2) is 64.5 Å². The average molecular weight is 403 g/mol. The molecule has 2 fully saturated rings. The minimum Gasteiger partial charge on any atom is -0.442 e. The first-order valence-corrected chi connectivity index (χ1v) is 9.44. The van der Waals surface area contributed by atoms with Gasteiger partial charge in [-0.05, 0) is 36.8 Å². The highest BCUT2D eigenvalue weighted by molar-refractivity contribution is 5.90. The summed E-state index contributed by atoms with van der Waals surface area (Å²) in [5.41, 5.74) is 0.890. The van der Waals surface area contributed by atoms with Crippen molar-refractivity contribution >= 4 is 23.4 Å². The molecule has 2 atom stereocenters. The van der Waals surface area contributed by atoms with Crippen LogP contribution in [-0.2, 0) is 9.53 Å². The van der Waals surface area contributed by atoms with Gasteiger partial charge in [0, 0.05) is 20.0 Å². The number of benzene rings is 1. The Bertz CT molecular complexity index is 934. The number of aryl methyl sites for hydroxylation is 1. The van der Waals surface area contributed by atoms with Crippen LogP contribution in [0.2, 0.25) is 0 Å². The second kappa shape index (κ2) is 7.64. The maximum atomic E-state index is 14.8. The number of hydrogen-bond acceptors (Lipinski definition) is 7. The van der Waals surface area contributed by atoms with Crippen LogP contribution in [0.1, 0.15) is 25.2 Å². The zero-order valence-electron chi connectivity index (χ0n) is 16.2. The van der Waals surface area contributed by atoms with Gasteiger partial charge in [-0.3, -0.25) is 9.69 Å². The largest absolute Gasteiger partial charge is 0.442 e. The molecule has 0 saturated carbocycles. The molecule has 1 aromatic heterocycles. The minimum atomic E-state index is -0.554. The molecule has 1 unspecified atom stereocenters. The van der Waals surface area contributed by atoms with E-state index in [1.807, 2.05) is 4.90 Å². The molecule has 2 aromatic rings. The molecule has 11 heteroatoms. The number of cyclic esters (lactones) is 1. The molecule has 0 bridgehead atoms. The van der Waals surface area contributed by atoms with Gasteiger partial charge in [0.2, 0.25) is 5.91 Å². The predicted molar refractivity (Wildman–Crippen MR) is 101 cm³/mol. The molecule has 3 heterocycles. The second-order valence-electron chi connectivity index (χ2n) is 7.23. The Morgan fingerprint density at radius 2 is 2.21 bits per heavy atom. The van der Waals surface area contributed by atoms with Crippen molar-refractivity contribution in [2.45, 2.75) is 32.4 Å². The van der Waals surface area contributed by atoms with Gasteiger partial charge in [-0.2, -0.15) is 4.80 Å². The van der Waals surface area contributed by atoms with E-state index in [2.05, 4.69) is 20.7 Å². The summed E-state index contributed by atoms with van der Waals surface area (Å²) in [4.78, 5) is 28.0. The summed E-state index contributed by atoms with van der Waals surface area (Å²) in [6, 6.07) is 4.74. The lowest BCUT2D eigenvalue weighted by molar-refractivity contribution is -0.119. The number of hydrogen-bond donors (Lipinski definition) is 1. The lowest BCUT2D eigenvalue weighted by Gasteiger charge is -2.21. The number of tetrazole rings is 1. The molecule has 4 rings (SSSR count). The zero-order valence-corrected chi connectivity index (χ0v) is 16.2. The Morgan fingerprint density at radius 1 is 1.38 bits per heavy atom. The quantitative estimate of drug-likeness (QED) is 0.795.